The van der Waals surface area contributed by atoms with E-state index in [0.717, 1.165) is 18.8 Å². The molecule has 3 atom stereocenters. The molecule has 90 valence electrons. The first-order valence-corrected chi connectivity index (χ1v) is 6.13. The number of carbonyl (C=O) groups is 2. The van der Waals surface area contributed by atoms with Gasteiger partial charge in [-0.3, -0.25) is 4.79 Å². The molecule has 2 fully saturated rings. The molecule has 0 heterocycles. The fraction of sp³-hybridized carbons (Fsp3) is 0.818. The summed E-state index contributed by atoms with van der Waals surface area (Å²) in [5, 5.41) is 0. The molecule has 0 saturated heterocycles. The van der Waals surface area contributed by atoms with E-state index in [4.69, 9.17) is 16.3 Å². The molecule has 16 heavy (non-hydrogen) atoms. The second-order valence-corrected chi connectivity index (χ2v) is 4.76. The lowest BCUT2D eigenvalue weighted by atomic mass is 9.98. The Labute approximate surface area is 99.2 Å². The maximum absolute atomic E-state index is 11.4. The van der Waals surface area contributed by atoms with E-state index in [-0.39, 0.29) is 18.6 Å². The maximum Gasteiger partial charge on any atom is 0.344 e. The second kappa shape index (κ2) is 5.04. The molecule has 2 saturated carbocycles. The topological polar surface area (TPSA) is 52.6 Å². The van der Waals surface area contributed by atoms with Crippen molar-refractivity contribution in [3.05, 3.63) is 0 Å². The Morgan fingerprint density at radius 1 is 1.19 bits per heavy atom. The number of halogens is 1. The van der Waals surface area contributed by atoms with Crippen LogP contribution in [0.15, 0.2) is 0 Å². The van der Waals surface area contributed by atoms with Gasteiger partial charge in [-0.05, 0) is 37.5 Å². The van der Waals surface area contributed by atoms with Crippen LogP contribution in [-0.4, -0.2) is 30.5 Å². The number of alkyl halides is 1. The van der Waals surface area contributed by atoms with E-state index in [1.807, 2.05) is 0 Å². The summed E-state index contributed by atoms with van der Waals surface area (Å²) in [5.74, 6) is -0.0324. The highest BCUT2D eigenvalue weighted by atomic mass is 35.5. The van der Waals surface area contributed by atoms with Crippen LogP contribution in [0.4, 0.5) is 0 Å². The van der Waals surface area contributed by atoms with Gasteiger partial charge in [0, 0.05) is 0 Å². The van der Waals surface area contributed by atoms with Gasteiger partial charge in [0.15, 0.2) is 6.61 Å². The first kappa shape index (κ1) is 11.7. The van der Waals surface area contributed by atoms with Crippen molar-refractivity contribution >= 4 is 23.5 Å². The van der Waals surface area contributed by atoms with E-state index in [9.17, 15) is 9.59 Å². The molecule has 0 aliphatic heterocycles. The molecule has 0 radical (unpaired) electrons. The van der Waals surface area contributed by atoms with Crippen molar-refractivity contribution in [3.8, 4) is 0 Å². The Morgan fingerprint density at radius 2 is 2.00 bits per heavy atom. The van der Waals surface area contributed by atoms with Gasteiger partial charge in [-0.1, -0.05) is 0 Å². The number of fused-ring (bicyclic) bond motifs is 2. The van der Waals surface area contributed by atoms with Crippen molar-refractivity contribution in [1.29, 1.82) is 0 Å². The van der Waals surface area contributed by atoms with Crippen molar-refractivity contribution in [1.82, 2.24) is 0 Å². The van der Waals surface area contributed by atoms with E-state index in [1.165, 1.54) is 12.8 Å². The number of ether oxygens (including phenoxy) is 2. The Kier molecular flexibility index (Phi) is 3.69. The third-order valence-corrected chi connectivity index (χ3v) is 3.63. The molecule has 2 rings (SSSR count). The zero-order valence-electron chi connectivity index (χ0n) is 8.99. The standard InChI is InChI=1S/C11H15ClO4/c12-5-10(13)15-6-11(14)16-9-4-7-1-2-8(9)3-7/h7-9H,1-6H2. The van der Waals surface area contributed by atoms with Gasteiger partial charge in [-0.25, -0.2) is 4.79 Å². The highest BCUT2D eigenvalue weighted by Gasteiger charge is 2.41. The number of esters is 2. The molecule has 4 nitrogen and oxygen atoms in total. The molecule has 2 aliphatic carbocycles. The Balaban J connectivity index is 1.69. The molecule has 5 heteroatoms. The molecule has 3 unspecified atom stereocenters. The van der Waals surface area contributed by atoms with Gasteiger partial charge < -0.3 is 9.47 Å². The van der Waals surface area contributed by atoms with Crippen LogP contribution < -0.4 is 0 Å². The normalized spacial score (nSPS) is 31.4. The summed E-state index contributed by atoms with van der Waals surface area (Å²) in [6.45, 7) is -0.320. The van der Waals surface area contributed by atoms with E-state index >= 15 is 0 Å². The number of carbonyl (C=O) groups excluding carboxylic acids is 2. The van der Waals surface area contributed by atoms with Crippen LogP contribution in [0.5, 0.6) is 0 Å². The zero-order valence-corrected chi connectivity index (χ0v) is 9.74. The highest BCUT2D eigenvalue weighted by Crippen LogP contribution is 2.45. The first-order valence-electron chi connectivity index (χ1n) is 5.60. The van der Waals surface area contributed by atoms with E-state index in [2.05, 4.69) is 4.74 Å². The summed E-state index contributed by atoms with van der Waals surface area (Å²) in [4.78, 5) is 22.1. The van der Waals surface area contributed by atoms with Gasteiger partial charge in [-0.15, -0.1) is 11.6 Å². The monoisotopic (exact) mass is 246 g/mol. The summed E-state index contributed by atoms with van der Waals surface area (Å²) in [5.41, 5.74) is 0. The lowest BCUT2D eigenvalue weighted by Crippen LogP contribution is -2.27. The number of hydrogen-bond donors (Lipinski definition) is 0. The SMILES string of the molecule is O=C(CCl)OCC(=O)OC1CC2CCC1C2. The zero-order chi connectivity index (χ0) is 11.5. The summed E-state index contributed by atoms with van der Waals surface area (Å²) in [7, 11) is 0. The summed E-state index contributed by atoms with van der Waals surface area (Å²) in [6, 6.07) is 0. The Morgan fingerprint density at radius 3 is 2.56 bits per heavy atom. The van der Waals surface area contributed by atoms with Crippen molar-refractivity contribution in [2.24, 2.45) is 11.8 Å². The summed E-state index contributed by atoms with van der Waals surface area (Å²) < 4.78 is 9.88. The second-order valence-electron chi connectivity index (χ2n) is 4.50. The summed E-state index contributed by atoms with van der Waals surface area (Å²) >= 11 is 5.23. The van der Waals surface area contributed by atoms with Crippen LogP contribution in [-0.2, 0) is 19.1 Å². The molecule has 0 spiro atoms. The third-order valence-electron chi connectivity index (χ3n) is 3.42. The van der Waals surface area contributed by atoms with Crippen LogP contribution in [0.1, 0.15) is 25.7 Å². The molecule has 0 aromatic carbocycles. The van der Waals surface area contributed by atoms with Crippen molar-refractivity contribution in [3.63, 3.8) is 0 Å². The predicted octanol–water partition coefficient (Wildman–Crippen LogP) is 1.50. The minimum atomic E-state index is -0.591. The van der Waals surface area contributed by atoms with E-state index in [1.54, 1.807) is 0 Å². The fourth-order valence-corrected chi connectivity index (χ4v) is 2.79. The molecule has 2 bridgehead atoms. The Bertz CT molecular complexity index is 292. The molecule has 0 aromatic heterocycles. The average Bonchev–Trinajstić information content (AvgIpc) is 2.87. The van der Waals surface area contributed by atoms with Crippen LogP contribution in [0.25, 0.3) is 0 Å². The smallest absolute Gasteiger partial charge is 0.344 e. The van der Waals surface area contributed by atoms with Gasteiger partial charge in [-0.2, -0.15) is 0 Å². The fourth-order valence-electron chi connectivity index (χ4n) is 2.71. The minimum absolute atomic E-state index is 0.0425. The van der Waals surface area contributed by atoms with E-state index < -0.39 is 11.9 Å². The quantitative estimate of drug-likeness (QED) is 0.557. The molecular formula is C11H15ClO4. The van der Waals surface area contributed by atoms with Gasteiger partial charge in [0.05, 0.1) is 0 Å². The van der Waals surface area contributed by atoms with Crippen molar-refractivity contribution in [2.75, 3.05) is 12.5 Å². The third kappa shape index (κ3) is 2.67. The summed E-state index contributed by atoms with van der Waals surface area (Å²) in [6.07, 6.45) is 4.62. The van der Waals surface area contributed by atoms with Crippen LogP contribution in [0.2, 0.25) is 0 Å². The van der Waals surface area contributed by atoms with Gasteiger partial charge in [0.1, 0.15) is 12.0 Å². The van der Waals surface area contributed by atoms with Crippen LogP contribution >= 0.6 is 11.6 Å². The molecule has 0 aromatic rings. The molecule has 2 aliphatic rings. The average molecular weight is 247 g/mol. The maximum atomic E-state index is 11.4. The van der Waals surface area contributed by atoms with Crippen LogP contribution in [0, 0.1) is 11.8 Å². The lowest BCUT2D eigenvalue weighted by molar-refractivity contribution is -0.162. The van der Waals surface area contributed by atoms with Gasteiger partial charge in [0.25, 0.3) is 0 Å². The largest absolute Gasteiger partial charge is 0.460 e. The predicted molar refractivity (Wildman–Crippen MR) is 57.0 cm³/mol. The molecular weight excluding hydrogens is 232 g/mol. The number of rotatable bonds is 4. The van der Waals surface area contributed by atoms with Crippen molar-refractivity contribution in [2.45, 2.75) is 31.8 Å². The Hall–Kier alpha value is -0.770. The van der Waals surface area contributed by atoms with Gasteiger partial charge >= 0.3 is 11.9 Å². The van der Waals surface area contributed by atoms with Crippen molar-refractivity contribution < 1.29 is 19.1 Å². The van der Waals surface area contributed by atoms with Gasteiger partial charge in [0.2, 0.25) is 0 Å². The molecule has 0 N–H and O–H groups in total. The van der Waals surface area contributed by atoms with E-state index in [0.29, 0.717) is 5.92 Å². The minimum Gasteiger partial charge on any atom is -0.460 e. The molecule has 0 amide bonds. The first-order chi connectivity index (χ1) is 7.69. The number of hydrogen-bond acceptors (Lipinski definition) is 4. The lowest BCUT2D eigenvalue weighted by Gasteiger charge is -2.21. The van der Waals surface area contributed by atoms with Crippen LogP contribution in [0.3, 0.4) is 0 Å². The highest BCUT2D eigenvalue weighted by molar-refractivity contribution is 6.26.